The molecule has 1 aromatic rings. The minimum Gasteiger partial charge on any atom is -0.504 e. The fourth-order valence-electron chi connectivity index (χ4n) is 2.56. The molecular weight excluding hydrogens is 250 g/mol. The molecule has 0 unspecified atom stereocenters. The van der Waals surface area contributed by atoms with Gasteiger partial charge in [0.1, 0.15) is 0 Å². The fourth-order valence-corrected chi connectivity index (χ4v) is 2.79. The average molecular weight is 270 g/mol. The summed E-state index contributed by atoms with van der Waals surface area (Å²) >= 11 is 6.01. The molecule has 0 spiro atoms. The number of methoxy groups -OCH3 is 1. The molecule has 0 aliphatic heterocycles. The number of ether oxygens (including phenoxy) is 1. The van der Waals surface area contributed by atoms with E-state index in [9.17, 15) is 5.11 Å². The Morgan fingerprint density at radius 1 is 1.39 bits per heavy atom. The standard InChI is InChI=1S/C14H20ClNO2/c1-14(5-3-4-6-14)16-9-10-7-11(15)8-12(18-2)13(10)17/h7-8,16-17H,3-6,9H2,1-2H3. The summed E-state index contributed by atoms with van der Waals surface area (Å²) in [4.78, 5) is 0. The van der Waals surface area contributed by atoms with Crippen LogP contribution in [0.2, 0.25) is 5.02 Å². The molecule has 18 heavy (non-hydrogen) atoms. The fraction of sp³-hybridized carbons (Fsp3) is 0.571. The van der Waals surface area contributed by atoms with Crippen molar-refractivity contribution in [3.8, 4) is 11.5 Å². The number of hydrogen-bond donors (Lipinski definition) is 2. The molecule has 1 saturated carbocycles. The van der Waals surface area contributed by atoms with Gasteiger partial charge in [0.15, 0.2) is 11.5 Å². The van der Waals surface area contributed by atoms with Gasteiger partial charge >= 0.3 is 0 Å². The van der Waals surface area contributed by atoms with Gasteiger partial charge in [-0.05, 0) is 25.8 Å². The van der Waals surface area contributed by atoms with Crippen molar-refractivity contribution in [2.45, 2.75) is 44.7 Å². The van der Waals surface area contributed by atoms with E-state index in [-0.39, 0.29) is 11.3 Å². The molecule has 0 saturated heterocycles. The monoisotopic (exact) mass is 269 g/mol. The summed E-state index contributed by atoms with van der Waals surface area (Å²) in [6.07, 6.45) is 4.92. The van der Waals surface area contributed by atoms with E-state index < -0.39 is 0 Å². The lowest BCUT2D eigenvalue weighted by Gasteiger charge is -2.25. The van der Waals surface area contributed by atoms with Crippen molar-refractivity contribution in [2.24, 2.45) is 0 Å². The van der Waals surface area contributed by atoms with Crippen LogP contribution in [0.1, 0.15) is 38.2 Å². The maximum Gasteiger partial charge on any atom is 0.162 e. The lowest BCUT2D eigenvalue weighted by molar-refractivity contribution is 0.348. The second-order valence-corrected chi connectivity index (χ2v) is 5.67. The first-order chi connectivity index (χ1) is 8.54. The number of aromatic hydroxyl groups is 1. The number of rotatable bonds is 4. The normalized spacial score (nSPS) is 17.9. The molecule has 0 heterocycles. The summed E-state index contributed by atoms with van der Waals surface area (Å²) in [6.45, 7) is 2.85. The summed E-state index contributed by atoms with van der Waals surface area (Å²) in [7, 11) is 1.53. The molecule has 3 nitrogen and oxygen atoms in total. The van der Waals surface area contributed by atoms with E-state index in [0.29, 0.717) is 17.3 Å². The predicted octanol–water partition coefficient (Wildman–Crippen LogP) is 3.48. The van der Waals surface area contributed by atoms with E-state index >= 15 is 0 Å². The number of benzene rings is 1. The third-order valence-corrected chi connectivity index (χ3v) is 3.97. The van der Waals surface area contributed by atoms with Gasteiger partial charge in [-0.15, -0.1) is 0 Å². The molecule has 0 amide bonds. The molecule has 4 heteroatoms. The number of phenolic OH excluding ortho intramolecular Hbond substituents is 1. The van der Waals surface area contributed by atoms with Crippen LogP contribution in [0, 0.1) is 0 Å². The topological polar surface area (TPSA) is 41.5 Å². The van der Waals surface area contributed by atoms with E-state index in [1.807, 2.05) is 0 Å². The second-order valence-electron chi connectivity index (χ2n) is 5.24. The summed E-state index contributed by atoms with van der Waals surface area (Å²) < 4.78 is 5.10. The highest BCUT2D eigenvalue weighted by molar-refractivity contribution is 6.30. The van der Waals surface area contributed by atoms with Crippen LogP contribution in [0.5, 0.6) is 11.5 Å². The highest BCUT2D eigenvalue weighted by Gasteiger charge is 2.28. The largest absolute Gasteiger partial charge is 0.504 e. The van der Waals surface area contributed by atoms with Gasteiger partial charge in [-0.25, -0.2) is 0 Å². The van der Waals surface area contributed by atoms with Gasteiger partial charge < -0.3 is 15.2 Å². The van der Waals surface area contributed by atoms with E-state index in [1.165, 1.54) is 32.8 Å². The Balaban J connectivity index is 2.11. The van der Waals surface area contributed by atoms with Crippen molar-refractivity contribution in [1.29, 1.82) is 0 Å². The molecule has 1 aliphatic carbocycles. The molecule has 2 rings (SSSR count). The van der Waals surface area contributed by atoms with Crippen LogP contribution in [-0.2, 0) is 6.54 Å². The van der Waals surface area contributed by atoms with Crippen molar-refractivity contribution in [3.05, 3.63) is 22.7 Å². The average Bonchev–Trinajstić information content (AvgIpc) is 2.77. The summed E-state index contributed by atoms with van der Waals surface area (Å²) in [5, 5.41) is 14.1. The van der Waals surface area contributed by atoms with Crippen LogP contribution >= 0.6 is 11.6 Å². The molecule has 0 bridgehead atoms. The Morgan fingerprint density at radius 3 is 2.67 bits per heavy atom. The number of hydrogen-bond acceptors (Lipinski definition) is 3. The van der Waals surface area contributed by atoms with E-state index in [0.717, 1.165) is 5.56 Å². The van der Waals surface area contributed by atoms with Crippen molar-refractivity contribution < 1.29 is 9.84 Å². The van der Waals surface area contributed by atoms with Crippen LogP contribution in [0.3, 0.4) is 0 Å². The smallest absolute Gasteiger partial charge is 0.162 e. The molecule has 100 valence electrons. The summed E-state index contributed by atoms with van der Waals surface area (Å²) in [5.74, 6) is 0.604. The van der Waals surface area contributed by atoms with E-state index in [2.05, 4.69) is 12.2 Å². The van der Waals surface area contributed by atoms with E-state index in [1.54, 1.807) is 12.1 Å². The molecule has 1 fully saturated rings. The Morgan fingerprint density at radius 2 is 2.06 bits per heavy atom. The Bertz CT molecular complexity index is 428. The third kappa shape index (κ3) is 2.90. The Hall–Kier alpha value is -0.930. The first kappa shape index (κ1) is 13.5. The minimum absolute atomic E-state index is 0.177. The van der Waals surface area contributed by atoms with Crippen LogP contribution in [0.25, 0.3) is 0 Å². The van der Waals surface area contributed by atoms with Crippen LogP contribution < -0.4 is 10.1 Å². The quantitative estimate of drug-likeness (QED) is 0.879. The number of halogens is 1. The zero-order valence-electron chi connectivity index (χ0n) is 10.9. The number of nitrogens with one attached hydrogen (secondary N) is 1. The van der Waals surface area contributed by atoms with Crippen LogP contribution in [0.4, 0.5) is 0 Å². The van der Waals surface area contributed by atoms with Gasteiger partial charge in [-0.3, -0.25) is 0 Å². The maximum atomic E-state index is 10.0. The molecule has 0 atom stereocenters. The van der Waals surface area contributed by atoms with Crippen molar-refractivity contribution in [3.63, 3.8) is 0 Å². The molecule has 0 aromatic heterocycles. The first-order valence-corrected chi connectivity index (χ1v) is 6.72. The van der Waals surface area contributed by atoms with Crippen LogP contribution in [0.15, 0.2) is 12.1 Å². The number of phenols is 1. The van der Waals surface area contributed by atoms with Gasteiger partial charge in [0.05, 0.1) is 7.11 Å². The highest BCUT2D eigenvalue weighted by atomic mass is 35.5. The minimum atomic E-state index is 0.177. The third-order valence-electron chi connectivity index (χ3n) is 3.75. The van der Waals surface area contributed by atoms with Gasteiger partial charge in [-0.2, -0.15) is 0 Å². The lowest BCUT2D eigenvalue weighted by atomic mass is 10.00. The van der Waals surface area contributed by atoms with Crippen LogP contribution in [-0.4, -0.2) is 17.8 Å². The van der Waals surface area contributed by atoms with Gasteiger partial charge in [-0.1, -0.05) is 24.4 Å². The SMILES string of the molecule is COc1cc(Cl)cc(CNC2(C)CCCC2)c1O. The molecular formula is C14H20ClNO2. The second kappa shape index (κ2) is 5.37. The maximum absolute atomic E-state index is 10.0. The van der Waals surface area contributed by atoms with Crippen molar-refractivity contribution in [2.75, 3.05) is 7.11 Å². The predicted molar refractivity (Wildman–Crippen MR) is 73.4 cm³/mol. The van der Waals surface area contributed by atoms with Gasteiger partial charge in [0.2, 0.25) is 0 Å². The zero-order chi connectivity index (χ0) is 13.2. The molecule has 2 N–H and O–H groups in total. The van der Waals surface area contributed by atoms with Crippen molar-refractivity contribution >= 4 is 11.6 Å². The highest BCUT2D eigenvalue weighted by Crippen LogP contribution is 2.35. The molecule has 1 aliphatic rings. The van der Waals surface area contributed by atoms with Gasteiger partial charge in [0, 0.05) is 28.7 Å². The lowest BCUT2D eigenvalue weighted by Crippen LogP contribution is -2.38. The summed E-state index contributed by atoms with van der Waals surface area (Å²) in [5.41, 5.74) is 0.967. The Labute approximate surface area is 113 Å². The molecule has 1 aromatic carbocycles. The Kier molecular flexibility index (Phi) is 4.03. The van der Waals surface area contributed by atoms with E-state index in [4.69, 9.17) is 16.3 Å². The van der Waals surface area contributed by atoms with Crippen molar-refractivity contribution in [1.82, 2.24) is 5.32 Å². The zero-order valence-corrected chi connectivity index (χ0v) is 11.7. The van der Waals surface area contributed by atoms with Gasteiger partial charge in [0.25, 0.3) is 0 Å². The first-order valence-electron chi connectivity index (χ1n) is 6.34. The summed E-state index contributed by atoms with van der Waals surface area (Å²) in [6, 6.07) is 3.41. The molecule has 0 radical (unpaired) electrons.